The molecule has 4 unspecified atom stereocenters. The second-order valence-electron chi connectivity index (χ2n) is 30.8. The van der Waals surface area contributed by atoms with E-state index < -0.39 is 72.2 Å². The van der Waals surface area contributed by atoms with Gasteiger partial charge in [-0.3, -0.25) is 48.1 Å². The van der Waals surface area contributed by atoms with Gasteiger partial charge in [0.15, 0.2) is 11.6 Å². The third-order valence-electron chi connectivity index (χ3n) is 22.2. The molecule has 6 rings (SSSR count). The Labute approximate surface area is 605 Å². The van der Waals surface area contributed by atoms with Gasteiger partial charge in [0.1, 0.15) is 12.4 Å². The number of urea groups is 1. The first-order valence-corrected chi connectivity index (χ1v) is 37.4. The Kier molecular flexibility index (Phi) is 31.9. The fourth-order valence-corrected chi connectivity index (χ4v) is 16.3. The van der Waals surface area contributed by atoms with Crippen molar-refractivity contribution in [1.82, 2.24) is 30.2 Å². The summed E-state index contributed by atoms with van der Waals surface area (Å²) in [7, 11) is 6.25. The summed E-state index contributed by atoms with van der Waals surface area (Å²) in [4.78, 5) is 158. The van der Waals surface area contributed by atoms with E-state index in [1.165, 1.54) is 29.5 Å². The maximum Gasteiger partial charge on any atom is 0.410 e. The van der Waals surface area contributed by atoms with Gasteiger partial charge < -0.3 is 55.7 Å². The number of unbranched alkanes of at least 4 members (excludes halogenated alkanes) is 2. The molecule has 0 radical (unpaired) electrons. The van der Waals surface area contributed by atoms with Crippen molar-refractivity contribution in [3.05, 3.63) is 77.4 Å². The predicted molar refractivity (Wildman–Crippen MR) is 389 cm³/mol. The summed E-state index contributed by atoms with van der Waals surface area (Å²) in [6.07, 6.45) is 4.14. The number of nitrogens with two attached hydrogens (primary N) is 1. The number of carbonyl (C=O) groups is 11. The zero-order chi connectivity index (χ0) is 75.6. The first-order chi connectivity index (χ1) is 48.3. The molecule has 2 saturated heterocycles. The minimum absolute atomic E-state index is 0.0537. The summed E-state index contributed by atoms with van der Waals surface area (Å²) in [5, 5.41) is 19.3. The minimum Gasteiger partial charge on any atom is -0.445 e. The van der Waals surface area contributed by atoms with Crippen LogP contribution in [-0.4, -0.2) is 174 Å². The number of aliphatic hydroxyl groups excluding tert-OH is 1. The van der Waals surface area contributed by atoms with Gasteiger partial charge in [-0.05, 0) is 116 Å². The van der Waals surface area contributed by atoms with E-state index in [-0.39, 0.29) is 158 Å². The minimum atomic E-state index is -0.967. The summed E-state index contributed by atoms with van der Waals surface area (Å²) < 4.78 is 17.9. The normalized spacial score (nSPS) is 21.1. The van der Waals surface area contributed by atoms with E-state index >= 15 is 0 Å². The Hall–Kier alpha value is -7.37. The lowest BCUT2D eigenvalue weighted by molar-refractivity contribution is -0.149. The molecular formula is C79H120N8O15. The average molecular weight is 1420 g/mol. The lowest BCUT2D eigenvalue weighted by Crippen LogP contribution is -2.54. The average Bonchev–Trinajstić information content (AvgIpc) is 1.56. The van der Waals surface area contributed by atoms with Crippen LogP contribution in [0.25, 0.3) is 0 Å². The van der Waals surface area contributed by atoms with E-state index in [2.05, 4.69) is 35.9 Å². The molecule has 1 saturated carbocycles. The van der Waals surface area contributed by atoms with Crippen LogP contribution in [-0.2, 0) is 64.0 Å². The number of hydrogen-bond donors (Lipinski definition) is 5. The van der Waals surface area contributed by atoms with Gasteiger partial charge in [0.05, 0.1) is 60.7 Å². The highest BCUT2D eigenvalue weighted by Crippen LogP contribution is 2.57. The fraction of sp³-hybridized carbons (Fsp3) is 0.684. The Morgan fingerprint density at radius 3 is 1.99 bits per heavy atom. The van der Waals surface area contributed by atoms with E-state index in [0.29, 0.717) is 75.2 Å². The molecular weight excluding hydrogens is 1300 g/mol. The number of fused-ring (bicyclic) bond motifs is 5. The van der Waals surface area contributed by atoms with Crippen LogP contribution in [0.4, 0.5) is 15.3 Å². The SMILES string of the molecule is CC[C@H](C)[C@@H]([C@@H](CC(=O)N1CCC[C@H]1[C@H](OC)[C@@H](C)C(=O)C[C@H](C)[C@H](O)c1ccccc1)OC)N(C)C(=O)[C@@H](CC(=O)[C@H](C(C)C)N(C)C(=O)OCc1ccc(NC(=O)[C@H](CCCNC(N)=O)CC(=O)[C@@H](NC(=O)CCCCCN2C(=O)C3C4C=C(C(C)C)C(C4)C3C2=O)C(C)C)cc1)C(C)C. The number of methoxy groups -OCH3 is 2. The van der Waals surface area contributed by atoms with Crippen LogP contribution in [0.2, 0.25) is 0 Å². The van der Waals surface area contributed by atoms with Gasteiger partial charge >= 0.3 is 12.1 Å². The predicted octanol–water partition coefficient (Wildman–Crippen LogP) is 10.3. The Morgan fingerprint density at radius 1 is 0.725 bits per heavy atom. The van der Waals surface area contributed by atoms with E-state index in [1.54, 1.807) is 48.2 Å². The van der Waals surface area contributed by atoms with Crippen LogP contribution in [0.1, 0.15) is 190 Å². The molecule has 4 aliphatic rings. The topological polar surface area (TPSA) is 311 Å². The molecule has 2 aliphatic heterocycles. The number of benzene rings is 2. The number of Topliss-reactive ketones (excluding diaryl/α,β-unsaturated/α-hetero) is 3. The smallest absolute Gasteiger partial charge is 0.410 e. The van der Waals surface area contributed by atoms with Gasteiger partial charge in [-0.15, -0.1) is 0 Å². The number of likely N-dealkylation sites (N-methyl/N-ethyl adjacent to an activating group) is 2. The van der Waals surface area contributed by atoms with Crippen molar-refractivity contribution < 1.29 is 72.1 Å². The maximum atomic E-state index is 14.9. The van der Waals surface area contributed by atoms with Gasteiger partial charge in [0, 0.05) is 97.1 Å². The molecule has 23 nitrogen and oxygen atoms in total. The Morgan fingerprint density at radius 2 is 1.39 bits per heavy atom. The van der Waals surface area contributed by atoms with Gasteiger partial charge in [-0.25, -0.2) is 9.59 Å². The van der Waals surface area contributed by atoms with Gasteiger partial charge in [-0.1, -0.05) is 150 Å². The molecule has 2 aromatic carbocycles. The third-order valence-corrected chi connectivity index (χ3v) is 22.2. The van der Waals surface area contributed by atoms with Crippen molar-refractivity contribution in [3.8, 4) is 0 Å². The second-order valence-corrected chi connectivity index (χ2v) is 30.8. The number of aliphatic hydroxyl groups is 1. The van der Waals surface area contributed by atoms with Crippen molar-refractivity contribution in [1.29, 1.82) is 0 Å². The molecule has 16 atom stereocenters. The second kappa shape index (κ2) is 38.9. The number of nitrogens with one attached hydrogen (secondary N) is 3. The zero-order valence-electron chi connectivity index (χ0n) is 63.6. The lowest BCUT2D eigenvalue weighted by Gasteiger charge is -2.41. The molecule has 23 heteroatoms. The first kappa shape index (κ1) is 83.6. The van der Waals surface area contributed by atoms with Gasteiger partial charge in [0.25, 0.3) is 0 Å². The van der Waals surface area contributed by atoms with E-state index in [9.17, 15) is 57.8 Å². The van der Waals surface area contributed by atoms with E-state index in [0.717, 1.165) is 12.0 Å². The number of rotatable bonds is 42. The molecule has 566 valence electrons. The van der Waals surface area contributed by atoms with Crippen molar-refractivity contribution in [3.63, 3.8) is 0 Å². The number of hydrogen-bond acceptors (Lipinski definition) is 15. The molecule has 0 aromatic heterocycles. The van der Waals surface area contributed by atoms with E-state index in [4.69, 9.17) is 19.9 Å². The monoisotopic (exact) mass is 1420 g/mol. The number of nitrogens with zero attached hydrogens (tertiary/aromatic N) is 4. The van der Waals surface area contributed by atoms with Crippen molar-refractivity contribution >= 4 is 70.6 Å². The van der Waals surface area contributed by atoms with Crippen molar-refractivity contribution in [2.24, 2.45) is 82.7 Å². The molecule has 2 heterocycles. The quantitative estimate of drug-likeness (QED) is 0.0234. The van der Waals surface area contributed by atoms with Crippen LogP contribution in [0.3, 0.4) is 0 Å². The summed E-state index contributed by atoms with van der Waals surface area (Å²) in [5.74, 6) is -5.82. The van der Waals surface area contributed by atoms with Crippen LogP contribution < -0.4 is 21.7 Å². The molecule has 0 spiro atoms. The number of amides is 9. The molecule has 2 bridgehead atoms. The highest BCUT2D eigenvalue weighted by molar-refractivity contribution is 6.06. The summed E-state index contributed by atoms with van der Waals surface area (Å²) >= 11 is 0. The molecule has 102 heavy (non-hydrogen) atoms. The number of ether oxygens (including phenoxy) is 3. The Balaban J connectivity index is 1.01. The zero-order valence-corrected chi connectivity index (χ0v) is 63.6. The molecule has 2 aliphatic carbocycles. The maximum absolute atomic E-state index is 14.9. The number of ketones is 3. The number of likely N-dealkylation sites (tertiary alicyclic amines) is 2. The largest absolute Gasteiger partial charge is 0.445 e. The van der Waals surface area contributed by atoms with Gasteiger partial charge in [0.2, 0.25) is 35.4 Å². The summed E-state index contributed by atoms with van der Waals surface area (Å²) in [6.45, 7) is 23.7. The van der Waals surface area contributed by atoms with Crippen LogP contribution in [0.5, 0.6) is 0 Å². The van der Waals surface area contributed by atoms with Crippen molar-refractivity contribution in [2.75, 3.05) is 53.3 Å². The molecule has 3 fully saturated rings. The summed E-state index contributed by atoms with van der Waals surface area (Å²) in [5.41, 5.74) is 8.28. The first-order valence-electron chi connectivity index (χ1n) is 37.4. The van der Waals surface area contributed by atoms with Crippen LogP contribution in [0.15, 0.2) is 66.2 Å². The lowest BCUT2D eigenvalue weighted by atomic mass is 9.78. The summed E-state index contributed by atoms with van der Waals surface area (Å²) in [6, 6.07) is 12.3. The fourth-order valence-electron chi connectivity index (χ4n) is 16.3. The molecule has 2 aromatic rings. The number of imide groups is 1. The van der Waals surface area contributed by atoms with Crippen LogP contribution >= 0.6 is 0 Å². The highest BCUT2D eigenvalue weighted by Gasteiger charge is 2.61. The number of primary amides is 1. The number of anilines is 1. The molecule has 6 N–H and O–H groups in total. The number of carbonyl (C=O) groups excluding carboxylic acids is 11. The Bertz CT molecular complexity index is 3230. The van der Waals surface area contributed by atoms with Crippen molar-refractivity contribution in [2.45, 2.75) is 222 Å². The van der Waals surface area contributed by atoms with Crippen LogP contribution in [0, 0.1) is 76.9 Å². The van der Waals surface area contributed by atoms with E-state index in [1.807, 2.05) is 99.6 Å². The third kappa shape index (κ3) is 21.4. The number of allylic oxidation sites excluding steroid dienone is 2. The molecule has 9 amide bonds. The highest BCUT2D eigenvalue weighted by atomic mass is 16.6. The van der Waals surface area contributed by atoms with Gasteiger partial charge in [-0.2, -0.15) is 0 Å². The standard InChI is InChI=1S/C79H120N8O15/c1-17-49(10)71(64(100-15)43-66(92)86-37-25-29-60(86)73(101-16)51(12)61(88)38-50(11)72(93)53-26-20-18-21-27-53)84(13)75(95)58(46(4)5)42-63(90)70(48(8)9)85(14)79(99)102-44-52-31-33-56(34-32-52)82-74(94)54(28-24-35-81-78(80)98)41-62(89)69(47(6)7)83-65(91)30-22-19-23-36-87-76(96)67-55-39-57(45(2)3)59(40-55)68(67)77(87)97/h18,20-21,26-27,31-34,39,45-51,54-55,58-60,64,67-73,93H,17,19,22-25,28-30,35-38,40-44H2,1-16H3,(H,82,94)(H,83,91)(H3,80,81,98)/t49-,50-,51-,54+,55?,58-,59?,60-,64+,67?,68?,69-,70-,71-,72-,73+/m0/s1.